The van der Waals surface area contributed by atoms with Crippen molar-refractivity contribution in [2.24, 2.45) is 5.92 Å². The molecule has 8 heteroatoms. The summed E-state index contributed by atoms with van der Waals surface area (Å²) in [4.78, 5) is 23.9. The van der Waals surface area contributed by atoms with Crippen LogP contribution in [-0.4, -0.2) is 98.4 Å². The molecule has 1 N–H and O–H groups in total. The molecule has 41 heavy (non-hydrogen) atoms. The Morgan fingerprint density at radius 1 is 1.02 bits per heavy atom. The number of pyridine rings is 1. The van der Waals surface area contributed by atoms with Crippen molar-refractivity contribution in [1.82, 2.24) is 19.7 Å². The second-order valence-electron chi connectivity index (χ2n) is 12.3. The van der Waals surface area contributed by atoms with E-state index < -0.39 is 5.60 Å². The molecular weight excluding hydrogens is 514 g/mol. The number of methoxy groups -OCH3 is 1. The molecule has 2 aromatic carbocycles. The number of para-hydroxylation sites is 1. The standard InChI is InChI=1S/C33H47N5O3/c1-33(2,3)41-32(39)38-23-25(24-38)22-37(20-10-18-36(4)5)19-9-17-34-31-21-30(26-13-15-27(40-6)16-14-26)35-29-12-8-7-11-28(29)31/h7-8,11-16,21,25H,9-10,17-20,22-24H2,1-6H3,(H,34,35). The Morgan fingerprint density at radius 3 is 2.41 bits per heavy atom. The molecule has 1 aromatic heterocycles. The second kappa shape index (κ2) is 14.0. The molecule has 8 nitrogen and oxygen atoms in total. The number of amides is 1. The van der Waals surface area contributed by atoms with Crippen LogP contribution in [0.2, 0.25) is 0 Å². The van der Waals surface area contributed by atoms with Gasteiger partial charge in [-0.05, 0) is 104 Å². The summed E-state index contributed by atoms with van der Waals surface area (Å²) in [5, 5.41) is 4.84. The zero-order chi connectivity index (χ0) is 29.4. The van der Waals surface area contributed by atoms with E-state index in [0.29, 0.717) is 5.92 Å². The van der Waals surface area contributed by atoms with E-state index in [-0.39, 0.29) is 6.09 Å². The van der Waals surface area contributed by atoms with Crippen molar-refractivity contribution in [1.29, 1.82) is 0 Å². The molecule has 0 unspecified atom stereocenters. The summed E-state index contributed by atoms with van der Waals surface area (Å²) in [7, 11) is 5.93. The summed E-state index contributed by atoms with van der Waals surface area (Å²) in [6.07, 6.45) is 1.96. The van der Waals surface area contributed by atoms with Gasteiger partial charge in [0.05, 0.1) is 18.3 Å². The second-order valence-corrected chi connectivity index (χ2v) is 12.3. The van der Waals surface area contributed by atoms with E-state index in [0.717, 1.165) is 92.3 Å². The van der Waals surface area contributed by atoms with Crippen molar-refractivity contribution in [3.8, 4) is 17.0 Å². The molecule has 1 saturated heterocycles. The van der Waals surface area contributed by atoms with Gasteiger partial charge in [0.15, 0.2) is 0 Å². The van der Waals surface area contributed by atoms with Crippen molar-refractivity contribution < 1.29 is 14.3 Å². The smallest absolute Gasteiger partial charge is 0.410 e. The number of fused-ring (bicyclic) bond motifs is 1. The van der Waals surface area contributed by atoms with Crippen LogP contribution in [0.4, 0.5) is 10.5 Å². The molecule has 1 amide bonds. The number of benzene rings is 2. The van der Waals surface area contributed by atoms with E-state index >= 15 is 0 Å². The van der Waals surface area contributed by atoms with Gasteiger partial charge in [-0.2, -0.15) is 0 Å². The van der Waals surface area contributed by atoms with Crippen LogP contribution in [0.3, 0.4) is 0 Å². The molecule has 0 radical (unpaired) electrons. The molecule has 1 aliphatic rings. The lowest BCUT2D eigenvalue weighted by Gasteiger charge is -2.42. The SMILES string of the molecule is COc1ccc(-c2cc(NCCCN(CCCN(C)C)CC3CN(C(=O)OC(C)(C)C)C3)c3ccccc3n2)cc1. The summed E-state index contributed by atoms with van der Waals surface area (Å²) in [5.74, 6) is 1.33. The van der Waals surface area contributed by atoms with Crippen molar-refractivity contribution >= 4 is 22.7 Å². The predicted octanol–water partition coefficient (Wildman–Crippen LogP) is 5.83. The maximum atomic E-state index is 12.4. The number of nitrogens with zero attached hydrogens (tertiary/aromatic N) is 4. The van der Waals surface area contributed by atoms with Crippen molar-refractivity contribution in [2.75, 3.05) is 72.3 Å². The van der Waals surface area contributed by atoms with E-state index in [9.17, 15) is 4.79 Å². The Labute approximate surface area is 245 Å². The lowest BCUT2D eigenvalue weighted by atomic mass is 10.00. The highest BCUT2D eigenvalue weighted by molar-refractivity contribution is 5.93. The number of anilines is 1. The van der Waals surface area contributed by atoms with Gasteiger partial charge in [-0.25, -0.2) is 9.78 Å². The number of ether oxygens (including phenoxy) is 2. The Morgan fingerprint density at radius 2 is 1.73 bits per heavy atom. The topological polar surface area (TPSA) is 70.2 Å². The fourth-order valence-corrected chi connectivity index (χ4v) is 5.19. The Balaban J connectivity index is 1.35. The van der Waals surface area contributed by atoms with Gasteiger partial charge < -0.3 is 29.5 Å². The summed E-state index contributed by atoms with van der Waals surface area (Å²) in [6.45, 7) is 12.3. The van der Waals surface area contributed by atoms with Gasteiger partial charge in [-0.15, -0.1) is 0 Å². The van der Waals surface area contributed by atoms with Crippen LogP contribution in [0.25, 0.3) is 22.2 Å². The highest BCUT2D eigenvalue weighted by Gasteiger charge is 2.34. The monoisotopic (exact) mass is 561 g/mol. The minimum atomic E-state index is -0.455. The highest BCUT2D eigenvalue weighted by atomic mass is 16.6. The number of carbonyl (C=O) groups excluding carboxylic acids is 1. The number of hydrogen-bond acceptors (Lipinski definition) is 7. The number of aromatic nitrogens is 1. The maximum Gasteiger partial charge on any atom is 0.410 e. The van der Waals surface area contributed by atoms with Gasteiger partial charge in [0.1, 0.15) is 11.4 Å². The fraction of sp³-hybridized carbons (Fsp3) is 0.515. The molecule has 0 aliphatic carbocycles. The third kappa shape index (κ3) is 9.07. The average Bonchev–Trinajstić information content (AvgIpc) is 2.91. The van der Waals surface area contributed by atoms with Gasteiger partial charge in [0.25, 0.3) is 0 Å². The maximum absolute atomic E-state index is 12.4. The van der Waals surface area contributed by atoms with Crippen LogP contribution >= 0.6 is 0 Å². The first kappa shape index (κ1) is 30.6. The summed E-state index contributed by atoms with van der Waals surface area (Å²) in [5.41, 5.74) is 3.63. The zero-order valence-electron chi connectivity index (χ0n) is 25.7. The Bertz CT molecular complexity index is 1270. The number of carbonyl (C=O) groups is 1. The molecule has 2 heterocycles. The van der Waals surface area contributed by atoms with Gasteiger partial charge in [-0.1, -0.05) is 18.2 Å². The molecule has 3 aromatic rings. The molecule has 0 saturated carbocycles. The predicted molar refractivity (Wildman–Crippen MR) is 168 cm³/mol. The summed E-state index contributed by atoms with van der Waals surface area (Å²) in [6, 6.07) is 18.5. The summed E-state index contributed by atoms with van der Waals surface area (Å²) >= 11 is 0. The molecule has 0 bridgehead atoms. The number of rotatable bonds is 13. The van der Waals surface area contributed by atoms with Gasteiger partial charge >= 0.3 is 6.09 Å². The lowest BCUT2D eigenvalue weighted by Crippen LogP contribution is -2.55. The summed E-state index contributed by atoms with van der Waals surface area (Å²) < 4.78 is 10.9. The third-order valence-electron chi connectivity index (χ3n) is 7.27. The number of likely N-dealkylation sites (tertiary alicyclic amines) is 1. The van der Waals surface area contributed by atoms with Crippen molar-refractivity contribution in [3.05, 3.63) is 54.6 Å². The van der Waals surface area contributed by atoms with Crippen LogP contribution in [0.5, 0.6) is 5.75 Å². The number of nitrogens with one attached hydrogen (secondary N) is 1. The lowest BCUT2D eigenvalue weighted by molar-refractivity contribution is -0.00647. The van der Waals surface area contributed by atoms with Gasteiger partial charge in [0.2, 0.25) is 0 Å². The fourth-order valence-electron chi connectivity index (χ4n) is 5.19. The van der Waals surface area contributed by atoms with Crippen molar-refractivity contribution in [3.63, 3.8) is 0 Å². The minimum absolute atomic E-state index is 0.198. The van der Waals surface area contributed by atoms with E-state index in [2.05, 4.69) is 65.6 Å². The molecule has 0 spiro atoms. The van der Waals surface area contributed by atoms with Crippen LogP contribution < -0.4 is 10.1 Å². The molecule has 222 valence electrons. The largest absolute Gasteiger partial charge is 0.497 e. The van der Waals surface area contributed by atoms with Crippen LogP contribution in [0.15, 0.2) is 54.6 Å². The third-order valence-corrected chi connectivity index (χ3v) is 7.27. The van der Waals surface area contributed by atoms with Crippen LogP contribution in [-0.2, 0) is 4.74 Å². The van der Waals surface area contributed by atoms with Crippen LogP contribution in [0.1, 0.15) is 33.6 Å². The zero-order valence-corrected chi connectivity index (χ0v) is 25.7. The average molecular weight is 562 g/mol. The van der Waals surface area contributed by atoms with Crippen molar-refractivity contribution in [2.45, 2.75) is 39.2 Å². The first-order chi connectivity index (χ1) is 19.6. The van der Waals surface area contributed by atoms with E-state index in [4.69, 9.17) is 14.5 Å². The Kier molecular flexibility index (Phi) is 10.5. The minimum Gasteiger partial charge on any atom is -0.497 e. The first-order valence-electron chi connectivity index (χ1n) is 14.7. The molecule has 0 atom stereocenters. The normalized spacial score (nSPS) is 14.0. The molecule has 4 rings (SSSR count). The number of hydrogen-bond donors (Lipinski definition) is 1. The molecular formula is C33H47N5O3. The van der Waals surface area contributed by atoms with Crippen LogP contribution in [0, 0.1) is 5.92 Å². The van der Waals surface area contributed by atoms with Gasteiger partial charge in [0, 0.05) is 48.7 Å². The van der Waals surface area contributed by atoms with E-state index in [1.807, 2.05) is 43.9 Å². The highest BCUT2D eigenvalue weighted by Crippen LogP contribution is 2.29. The Hall–Kier alpha value is -3.36. The van der Waals surface area contributed by atoms with Gasteiger partial charge in [-0.3, -0.25) is 0 Å². The first-order valence-corrected chi connectivity index (χ1v) is 14.7. The quantitative estimate of drug-likeness (QED) is 0.263. The molecule has 1 fully saturated rings. The molecule has 1 aliphatic heterocycles. The van der Waals surface area contributed by atoms with E-state index in [1.54, 1.807) is 7.11 Å². The van der Waals surface area contributed by atoms with E-state index in [1.165, 1.54) is 0 Å².